The van der Waals surface area contributed by atoms with E-state index in [-0.39, 0.29) is 25.5 Å². The number of rotatable bonds is 7. The zero-order valence-corrected chi connectivity index (χ0v) is 14.0. The van der Waals surface area contributed by atoms with Gasteiger partial charge in [0, 0.05) is 25.5 Å². The van der Waals surface area contributed by atoms with E-state index in [0.717, 1.165) is 16.1 Å². The summed E-state index contributed by atoms with van der Waals surface area (Å²) < 4.78 is 37.6. The summed E-state index contributed by atoms with van der Waals surface area (Å²) in [6.07, 6.45) is 4.19. The summed E-state index contributed by atoms with van der Waals surface area (Å²) >= 11 is 0. The highest BCUT2D eigenvalue weighted by Gasteiger charge is 2.20. The van der Waals surface area contributed by atoms with Crippen molar-refractivity contribution in [3.63, 3.8) is 0 Å². The SMILES string of the molecule is CS(=O)(=O)N(CC(=O)NCc1ccc(F)cc1)Cc1cccnc1. The van der Waals surface area contributed by atoms with Crippen LogP contribution in [0.15, 0.2) is 48.8 Å². The lowest BCUT2D eigenvalue weighted by atomic mass is 10.2. The van der Waals surface area contributed by atoms with E-state index < -0.39 is 15.9 Å². The second-order valence-electron chi connectivity index (χ2n) is 5.30. The molecular formula is C16H18FN3O3S. The van der Waals surface area contributed by atoms with Crippen LogP contribution in [0.2, 0.25) is 0 Å². The Balaban J connectivity index is 1.96. The highest BCUT2D eigenvalue weighted by molar-refractivity contribution is 7.88. The quantitative estimate of drug-likeness (QED) is 0.815. The van der Waals surface area contributed by atoms with E-state index in [1.807, 2.05) is 0 Å². The molecule has 1 N–H and O–H groups in total. The van der Waals surface area contributed by atoms with Crippen LogP contribution in [0, 0.1) is 5.82 Å². The maximum absolute atomic E-state index is 12.8. The molecule has 1 aromatic carbocycles. The number of hydrogen-bond acceptors (Lipinski definition) is 4. The van der Waals surface area contributed by atoms with Crippen LogP contribution in [0.1, 0.15) is 11.1 Å². The number of pyridine rings is 1. The van der Waals surface area contributed by atoms with E-state index in [0.29, 0.717) is 5.56 Å². The zero-order chi connectivity index (χ0) is 17.6. The molecule has 1 amide bonds. The van der Waals surface area contributed by atoms with Crippen molar-refractivity contribution in [1.82, 2.24) is 14.6 Å². The van der Waals surface area contributed by atoms with Crippen LogP contribution in [0.4, 0.5) is 4.39 Å². The number of carbonyl (C=O) groups is 1. The van der Waals surface area contributed by atoms with E-state index in [4.69, 9.17) is 0 Å². The molecule has 1 heterocycles. The highest BCUT2D eigenvalue weighted by Crippen LogP contribution is 2.07. The normalized spacial score (nSPS) is 11.5. The Morgan fingerprint density at radius 1 is 1.21 bits per heavy atom. The standard InChI is InChI=1S/C16H18FN3O3S/c1-24(22,23)20(11-14-3-2-8-18-9-14)12-16(21)19-10-13-4-6-15(17)7-5-13/h2-9H,10-12H2,1H3,(H,19,21). The summed E-state index contributed by atoms with van der Waals surface area (Å²) in [5.41, 5.74) is 1.41. The number of hydrogen-bond donors (Lipinski definition) is 1. The van der Waals surface area contributed by atoms with Crippen molar-refractivity contribution in [3.05, 3.63) is 65.7 Å². The van der Waals surface area contributed by atoms with Gasteiger partial charge >= 0.3 is 0 Å². The van der Waals surface area contributed by atoms with Gasteiger partial charge in [-0.15, -0.1) is 0 Å². The second-order valence-corrected chi connectivity index (χ2v) is 7.28. The number of aromatic nitrogens is 1. The van der Waals surface area contributed by atoms with E-state index in [1.54, 1.807) is 36.7 Å². The van der Waals surface area contributed by atoms with Crippen LogP contribution < -0.4 is 5.32 Å². The summed E-state index contributed by atoms with van der Waals surface area (Å²) in [5.74, 6) is -0.793. The van der Waals surface area contributed by atoms with Gasteiger partial charge < -0.3 is 5.32 Å². The largest absolute Gasteiger partial charge is 0.351 e. The van der Waals surface area contributed by atoms with Gasteiger partial charge in [-0.05, 0) is 29.3 Å². The number of benzene rings is 1. The van der Waals surface area contributed by atoms with Gasteiger partial charge in [0.2, 0.25) is 15.9 Å². The first-order valence-corrected chi connectivity index (χ1v) is 9.04. The topological polar surface area (TPSA) is 79.4 Å². The molecule has 6 nitrogen and oxygen atoms in total. The van der Waals surface area contributed by atoms with Crippen molar-refractivity contribution in [2.45, 2.75) is 13.1 Å². The molecule has 0 atom stereocenters. The lowest BCUT2D eigenvalue weighted by molar-refractivity contribution is -0.121. The van der Waals surface area contributed by atoms with Crippen LogP contribution in [-0.4, -0.2) is 36.4 Å². The smallest absolute Gasteiger partial charge is 0.235 e. The molecule has 24 heavy (non-hydrogen) atoms. The number of carbonyl (C=O) groups excluding carboxylic acids is 1. The Morgan fingerprint density at radius 3 is 2.50 bits per heavy atom. The molecule has 2 rings (SSSR count). The minimum absolute atomic E-state index is 0.0661. The average Bonchev–Trinajstić information content (AvgIpc) is 2.54. The molecule has 128 valence electrons. The molecule has 0 fully saturated rings. The van der Waals surface area contributed by atoms with Crippen molar-refractivity contribution < 1.29 is 17.6 Å². The molecule has 0 saturated heterocycles. The van der Waals surface area contributed by atoms with Crippen LogP contribution in [-0.2, 0) is 27.9 Å². The summed E-state index contributed by atoms with van der Waals surface area (Å²) in [4.78, 5) is 16.0. The molecule has 0 aliphatic heterocycles. The van der Waals surface area contributed by atoms with Crippen molar-refractivity contribution in [2.24, 2.45) is 0 Å². The fraction of sp³-hybridized carbons (Fsp3) is 0.250. The van der Waals surface area contributed by atoms with Crippen LogP contribution in [0.3, 0.4) is 0 Å². The third-order valence-electron chi connectivity index (χ3n) is 3.27. The summed E-state index contributed by atoms with van der Waals surface area (Å²) in [5, 5.41) is 2.62. The Morgan fingerprint density at radius 2 is 1.92 bits per heavy atom. The van der Waals surface area contributed by atoms with E-state index in [1.165, 1.54) is 12.1 Å². The third kappa shape index (κ3) is 5.71. The number of amides is 1. The first-order valence-electron chi connectivity index (χ1n) is 7.20. The molecule has 1 aromatic heterocycles. The molecular weight excluding hydrogens is 333 g/mol. The molecule has 0 aliphatic rings. The Hall–Kier alpha value is -2.32. The minimum atomic E-state index is -3.55. The summed E-state index contributed by atoms with van der Waals surface area (Å²) in [6.45, 7) is -0.0326. The number of nitrogens with one attached hydrogen (secondary N) is 1. The van der Waals surface area contributed by atoms with Gasteiger partial charge in [0.15, 0.2) is 0 Å². The molecule has 0 unspecified atom stereocenters. The van der Waals surface area contributed by atoms with Gasteiger partial charge in [-0.1, -0.05) is 18.2 Å². The van der Waals surface area contributed by atoms with E-state index in [9.17, 15) is 17.6 Å². The van der Waals surface area contributed by atoms with Crippen molar-refractivity contribution in [3.8, 4) is 0 Å². The van der Waals surface area contributed by atoms with Crippen molar-refractivity contribution >= 4 is 15.9 Å². The van der Waals surface area contributed by atoms with Crippen LogP contribution in [0.5, 0.6) is 0 Å². The maximum atomic E-state index is 12.8. The van der Waals surface area contributed by atoms with Gasteiger partial charge in [0.1, 0.15) is 5.82 Å². The molecule has 8 heteroatoms. The molecule has 0 bridgehead atoms. The molecule has 0 radical (unpaired) electrons. The summed E-state index contributed by atoms with van der Waals surface area (Å²) in [7, 11) is -3.55. The fourth-order valence-electron chi connectivity index (χ4n) is 2.00. The highest BCUT2D eigenvalue weighted by atomic mass is 32.2. The van der Waals surface area contributed by atoms with Gasteiger partial charge in [0.05, 0.1) is 12.8 Å². The van der Waals surface area contributed by atoms with Gasteiger partial charge in [0.25, 0.3) is 0 Å². The average molecular weight is 351 g/mol. The second kappa shape index (κ2) is 7.98. The van der Waals surface area contributed by atoms with Crippen molar-refractivity contribution in [1.29, 1.82) is 0 Å². The lowest BCUT2D eigenvalue weighted by Gasteiger charge is -2.19. The maximum Gasteiger partial charge on any atom is 0.235 e. The molecule has 0 spiro atoms. The van der Waals surface area contributed by atoms with E-state index >= 15 is 0 Å². The third-order valence-corrected chi connectivity index (χ3v) is 4.47. The fourth-order valence-corrected chi connectivity index (χ4v) is 2.74. The van der Waals surface area contributed by atoms with Gasteiger partial charge in [-0.3, -0.25) is 9.78 Å². The molecule has 2 aromatic rings. The molecule has 0 saturated carbocycles. The number of sulfonamides is 1. The number of nitrogens with zero attached hydrogens (tertiary/aromatic N) is 2. The number of halogens is 1. The first-order chi connectivity index (χ1) is 11.3. The Kier molecular flexibility index (Phi) is 5.99. The first kappa shape index (κ1) is 18.0. The van der Waals surface area contributed by atoms with Crippen LogP contribution >= 0.6 is 0 Å². The lowest BCUT2D eigenvalue weighted by Crippen LogP contribution is -2.39. The van der Waals surface area contributed by atoms with Gasteiger partial charge in [-0.2, -0.15) is 4.31 Å². The predicted molar refractivity (Wildman–Crippen MR) is 87.7 cm³/mol. The minimum Gasteiger partial charge on any atom is -0.351 e. The zero-order valence-electron chi connectivity index (χ0n) is 13.1. The monoisotopic (exact) mass is 351 g/mol. The summed E-state index contributed by atoms with van der Waals surface area (Å²) in [6, 6.07) is 9.14. The predicted octanol–water partition coefficient (Wildman–Crippen LogP) is 1.30. The van der Waals surface area contributed by atoms with E-state index in [2.05, 4.69) is 10.3 Å². The van der Waals surface area contributed by atoms with Gasteiger partial charge in [-0.25, -0.2) is 12.8 Å². The molecule has 0 aliphatic carbocycles. The Labute approximate surface area is 140 Å². The Bertz CT molecular complexity index is 780. The van der Waals surface area contributed by atoms with Crippen LogP contribution in [0.25, 0.3) is 0 Å². The van der Waals surface area contributed by atoms with Crippen molar-refractivity contribution in [2.75, 3.05) is 12.8 Å².